The van der Waals surface area contributed by atoms with E-state index in [2.05, 4.69) is 41.6 Å². The quantitative estimate of drug-likeness (QED) is 0.461. The first-order valence-corrected chi connectivity index (χ1v) is 9.59. The lowest BCUT2D eigenvalue weighted by molar-refractivity contribution is 0.0119. The van der Waals surface area contributed by atoms with Crippen LogP contribution in [-0.4, -0.2) is 12.1 Å². The van der Waals surface area contributed by atoms with Crippen molar-refractivity contribution < 1.29 is 9.53 Å². The summed E-state index contributed by atoms with van der Waals surface area (Å²) in [4.78, 5) is 12.4. The maximum atomic E-state index is 12.4. The number of hydrogen-bond acceptors (Lipinski definition) is 2. The molecular weight excluding hydrogens is 364 g/mol. The molecule has 0 radical (unpaired) electrons. The summed E-state index contributed by atoms with van der Waals surface area (Å²) in [5.74, 6) is 0.459. The van der Waals surface area contributed by atoms with Crippen LogP contribution in [0, 0.1) is 11.3 Å². The average Bonchev–Trinajstić information content (AvgIpc) is 2.56. The van der Waals surface area contributed by atoms with Crippen molar-refractivity contribution in [1.29, 1.82) is 0 Å². The standard InChI is InChI=1S/C21H25BrO2/c1-3-6-16-8-5-9-17-14-19(11-12-21(16,17)2)24-20(23)15-7-4-10-18(22)13-15/h3-4,7,9-10,13,16,19H,1,5-6,8,11-12,14H2,2H3/t16-,19-,21+/m0/s1. The summed E-state index contributed by atoms with van der Waals surface area (Å²) >= 11 is 3.40. The van der Waals surface area contributed by atoms with Crippen LogP contribution in [0.25, 0.3) is 0 Å². The van der Waals surface area contributed by atoms with Gasteiger partial charge in [0.15, 0.2) is 0 Å². The molecule has 128 valence electrons. The molecule has 2 aliphatic carbocycles. The van der Waals surface area contributed by atoms with E-state index in [1.54, 1.807) is 6.07 Å². The maximum absolute atomic E-state index is 12.4. The normalized spacial score (nSPS) is 29.3. The first-order chi connectivity index (χ1) is 11.5. The van der Waals surface area contributed by atoms with Crippen LogP contribution in [0.1, 0.15) is 55.8 Å². The summed E-state index contributed by atoms with van der Waals surface area (Å²) in [6, 6.07) is 7.40. The molecule has 1 aromatic carbocycles. The lowest BCUT2D eigenvalue weighted by atomic mass is 9.59. The van der Waals surface area contributed by atoms with E-state index in [9.17, 15) is 4.79 Å². The zero-order valence-corrected chi connectivity index (χ0v) is 15.8. The molecule has 0 unspecified atom stereocenters. The predicted octanol–water partition coefficient (Wildman–Crippen LogP) is 6.08. The average molecular weight is 389 g/mol. The molecule has 1 aromatic rings. The molecule has 3 rings (SSSR count). The number of carbonyl (C=O) groups excluding carboxylic acids is 1. The van der Waals surface area contributed by atoms with E-state index >= 15 is 0 Å². The number of hydrogen-bond donors (Lipinski definition) is 0. The van der Waals surface area contributed by atoms with Crippen molar-refractivity contribution in [2.45, 2.75) is 51.6 Å². The van der Waals surface area contributed by atoms with Crippen molar-refractivity contribution in [1.82, 2.24) is 0 Å². The minimum absolute atomic E-state index is 0.00159. The highest BCUT2D eigenvalue weighted by atomic mass is 79.9. The Hall–Kier alpha value is -1.35. The highest BCUT2D eigenvalue weighted by Gasteiger charge is 2.43. The fourth-order valence-corrected chi connectivity index (χ4v) is 4.68. The van der Waals surface area contributed by atoms with E-state index in [4.69, 9.17) is 4.74 Å². The molecule has 0 aromatic heterocycles. The van der Waals surface area contributed by atoms with Crippen molar-refractivity contribution >= 4 is 21.9 Å². The van der Waals surface area contributed by atoms with Crippen molar-refractivity contribution in [3.8, 4) is 0 Å². The van der Waals surface area contributed by atoms with Crippen LogP contribution in [0.3, 0.4) is 0 Å². The Morgan fingerprint density at radius 1 is 1.46 bits per heavy atom. The van der Waals surface area contributed by atoms with Gasteiger partial charge in [-0.25, -0.2) is 4.79 Å². The summed E-state index contributed by atoms with van der Waals surface area (Å²) in [6.07, 6.45) is 10.8. The number of carbonyl (C=O) groups is 1. The van der Waals surface area contributed by atoms with E-state index in [0.29, 0.717) is 11.5 Å². The molecule has 3 atom stereocenters. The molecule has 24 heavy (non-hydrogen) atoms. The van der Waals surface area contributed by atoms with Crippen molar-refractivity contribution in [3.63, 3.8) is 0 Å². The third-order valence-electron chi connectivity index (χ3n) is 5.76. The molecule has 0 spiro atoms. The van der Waals surface area contributed by atoms with Gasteiger partial charge in [0.2, 0.25) is 0 Å². The molecule has 0 heterocycles. The second-order valence-corrected chi connectivity index (χ2v) is 8.14. The molecule has 0 bridgehead atoms. The van der Waals surface area contributed by atoms with E-state index in [1.165, 1.54) is 12.0 Å². The first-order valence-electron chi connectivity index (χ1n) is 8.80. The SMILES string of the molecule is C=CC[C@H]1CCC=C2C[C@@H](OC(=O)c3cccc(Br)c3)CC[C@@]21C. The molecule has 0 saturated heterocycles. The topological polar surface area (TPSA) is 26.3 Å². The zero-order valence-electron chi connectivity index (χ0n) is 14.3. The van der Waals surface area contributed by atoms with Gasteiger partial charge in [-0.3, -0.25) is 0 Å². The van der Waals surface area contributed by atoms with Gasteiger partial charge in [-0.2, -0.15) is 0 Å². The highest BCUT2D eigenvalue weighted by molar-refractivity contribution is 9.10. The smallest absolute Gasteiger partial charge is 0.338 e. The van der Waals surface area contributed by atoms with Crippen LogP contribution in [-0.2, 0) is 4.74 Å². The zero-order chi connectivity index (χ0) is 17.2. The minimum Gasteiger partial charge on any atom is -0.458 e. The van der Waals surface area contributed by atoms with E-state index in [-0.39, 0.29) is 17.5 Å². The molecule has 0 N–H and O–H groups in total. The fraction of sp³-hybridized carbons (Fsp3) is 0.476. The lowest BCUT2D eigenvalue weighted by Gasteiger charge is -2.47. The number of allylic oxidation sites excluding steroid dienone is 2. The van der Waals surface area contributed by atoms with Gasteiger partial charge in [-0.1, -0.05) is 46.6 Å². The largest absolute Gasteiger partial charge is 0.458 e. The van der Waals surface area contributed by atoms with Gasteiger partial charge >= 0.3 is 5.97 Å². The van der Waals surface area contributed by atoms with Crippen LogP contribution >= 0.6 is 15.9 Å². The summed E-state index contributed by atoms with van der Waals surface area (Å²) in [7, 11) is 0. The van der Waals surface area contributed by atoms with Gasteiger partial charge in [0.05, 0.1) is 5.56 Å². The third-order valence-corrected chi connectivity index (χ3v) is 6.25. The highest BCUT2D eigenvalue weighted by Crippen LogP contribution is 2.52. The van der Waals surface area contributed by atoms with Crippen molar-refractivity contribution in [3.05, 3.63) is 58.6 Å². The number of fused-ring (bicyclic) bond motifs is 1. The predicted molar refractivity (Wildman–Crippen MR) is 101 cm³/mol. The summed E-state index contributed by atoms with van der Waals surface area (Å²) in [5.41, 5.74) is 2.35. The summed E-state index contributed by atoms with van der Waals surface area (Å²) < 4.78 is 6.70. The second kappa shape index (κ2) is 7.26. The molecule has 3 heteroatoms. The number of benzene rings is 1. The van der Waals surface area contributed by atoms with Gasteiger partial charge in [0.1, 0.15) is 6.10 Å². The molecule has 2 nitrogen and oxygen atoms in total. The van der Waals surface area contributed by atoms with Crippen LogP contribution in [0.4, 0.5) is 0 Å². The third kappa shape index (κ3) is 3.51. The number of ether oxygens (including phenoxy) is 1. The lowest BCUT2D eigenvalue weighted by Crippen LogP contribution is -2.39. The summed E-state index contributed by atoms with van der Waals surface area (Å²) in [5, 5.41) is 0. The van der Waals surface area contributed by atoms with E-state index < -0.39 is 0 Å². The van der Waals surface area contributed by atoms with Crippen LogP contribution < -0.4 is 0 Å². The Balaban J connectivity index is 1.68. The van der Waals surface area contributed by atoms with Crippen molar-refractivity contribution in [2.24, 2.45) is 11.3 Å². The van der Waals surface area contributed by atoms with Gasteiger partial charge in [-0.15, -0.1) is 6.58 Å². The molecule has 1 fully saturated rings. The van der Waals surface area contributed by atoms with Crippen molar-refractivity contribution in [2.75, 3.05) is 0 Å². The molecule has 0 amide bonds. The number of halogens is 1. The number of rotatable bonds is 4. The Bertz CT molecular complexity index is 664. The Morgan fingerprint density at radius 3 is 3.04 bits per heavy atom. The minimum atomic E-state index is -0.219. The Morgan fingerprint density at radius 2 is 2.29 bits per heavy atom. The van der Waals surface area contributed by atoms with Gasteiger partial charge in [-0.05, 0) is 61.6 Å². The molecule has 1 saturated carbocycles. The molecule has 2 aliphatic rings. The van der Waals surface area contributed by atoms with Gasteiger partial charge in [0.25, 0.3) is 0 Å². The summed E-state index contributed by atoms with van der Waals surface area (Å²) in [6.45, 7) is 6.31. The van der Waals surface area contributed by atoms with Gasteiger partial charge in [0, 0.05) is 10.9 Å². The van der Waals surface area contributed by atoms with Gasteiger partial charge < -0.3 is 4.74 Å². The number of esters is 1. The molecular formula is C21H25BrO2. The van der Waals surface area contributed by atoms with Crippen LogP contribution in [0.5, 0.6) is 0 Å². The van der Waals surface area contributed by atoms with E-state index in [1.807, 2.05) is 18.2 Å². The van der Waals surface area contributed by atoms with Crippen LogP contribution in [0.15, 0.2) is 53.0 Å². The Kier molecular flexibility index (Phi) is 5.29. The monoisotopic (exact) mass is 388 g/mol. The maximum Gasteiger partial charge on any atom is 0.338 e. The Labute approximate surface area is 153 Å². The second-order valence-electron chi connectivity index (χ2n) is 7.23. The first kappa shape index (κ1) is 17.5. The van der Waals surface area contributed by atoms with E-state index in [0.717, 1.165) is 36.6 Å². The molecule has 0 aliphatic heterocycles. The van der Waals surface area contributed by atoms with Crippen LogP contribution in [0.2, 0.25) is 0 Å². The fourth-order valence-electron chi connectivity index (χ4n) is 4.28.